The lowest BCUT2D eigenvalue weighted by atomic mass is 10.0. The highest BCUT2D eigenvalue weighted by Crippen LogP contribution is 2.20. The van der Waals surface area contributed by atoms with E-state index in [1.807, 2.05) is 0 Å². The van der Waals surface area contributed by atoms with Crippen LogP contribution in [0.15, 0.2) is 0 Å². The van der Waals surface area contributed by atoms with Crippen LogP contribution in [0.3, 0.4) is 0 Å². The summed E-state index contributed by atoms with van der Waals surface area (Å²) < 4.78 is 5.50. The van der Waals surface area contributed by atoms with Crippen molar-refractivity contribution < 1.29 is 24.5 Å². The average Bonchev–Trinajstić information content (AvgIpc) is 3.46. The van der Waals surface area contributed by atoms with Gasteiger partial charge in [-0.15, -0.1) is 0 Å². The first-order valence-corrected chi connectivity index (χ1v) is 37.3. The molecule has 0 saturated heterocycles. The molecule has 0 aliphatic heterocycles. The molecule has 0 fully saturated rings. The summed E-state index contributed by atoms with van der Waals surface area (Å²) in [4.78, 5) is 24.6. The van der Waals surface area contributed by atoms with E-state index in [0.29, 0.717) is 25.9 Å². The van der Waals surface area contributed by atoms with Crippen molar-refractivity contribution in [2.24, 2.45) is 0 Å². The van der Waals surface area contributed by atoms with E-state index in [1.165, 1.54) is 366 Å². The third-order valence-corrected chi connectivity index (χ3v) is 17.9. The van der Waals surface area contributed by atoms with E-state index in [-0.39, 0.29) is 18.5 Å². The normalized spacial score (nSPS) is 12.4. The number of esters is 1. The fourth-order valence-corrected chi connectivity index (χ4v) is 12.2. The lowest BCUT2D eigenvalue weighted by Gasteiger charge is -2.22. The monoisotopic (exact) mass is 1130 g/mol. The fourth-order valence-electron chi connectivity index (χ4n) is 12.2. The minimum absolute atomic E-state index is 0.0225. The Kier molecular flexibility index (Phi) is 69.3. The van der Waals surface area contributed by atoms with Crippen molar-refractivity contribution in [3.63, 3.8) is 0 Å². The van der Waals surface area contributed by atoms with E-state index in [0.717, 1.165) is 38.5 Å². The Bertz CT molecular complexity index is 1160. The molecule has 0 aliphatic rings. The molecule has 0 rings (SSSR count). The summed E-state index contributed by atoms with van der Waals surface area (Å²) in [6.07, 6.45) is 85.9. The molecule has 0 aromatic rings. The smallest absolute Gasteiger partial charge is 0.305 e. The number of hydrogen-bond acceptors (Lipinski definition) is 5. The third-order valence-electron chi connectivity index (χ3n) is 17.9. The zero-order valence-electron chi connectivity index (χ0n) is 54.9. The average molecular weight is 1130 g/mol. The van der Waals surface area contributed by atoms with E-state index in [4.69, 9.17) is 4.74 Å². The van der Waals surface area contributed by atoms with Gasteiger partial charge >= 0.3 is 5.97 Å². The predicted octanol–water partition coefficient (Wildman–Crippen LogP) is 24.2. The van der Waals surface area contributed by atoms with E-state index in [1.54, 1.807) is 0 Å². The summed E-state index contributed by atoms with van der Waals surface area (Å²) >= 11 is 0. The molecule has 0 bridgehead atoms. The van der Waals surface area contributed by atoms with E-state index < -0.39 is 12.1 Å². The zero-order chi connectivity index (χ0) is 57.8. The van der Waals surface area contributed by atoms with Crippen LogP contribution in [0.1, 0.15) is 438 Å². The molecule has 6 heteroatoms. The Morgan fingerprint density at radius 1 is 0.300 bits per heavy atom. The molecule has 2 atom stereocenters. The summed E-state index contributed by atoms with van der Waals surface area (Å²) in [5.74, 6) is -0.00395. The van der Waals surface area contributed by atoms with Gasteiger partial charge in [0.05, 0.1) is 25.4 Å². The molecule has 6 nitrogen and oxygen atoms in total. The molecule has 80 heavy (non-hydrogen) atoms. The first kappa shape index (κ1) is 78.9. The highest BCUT2D eigenvalue weighted by atomic mass is 16.5. The van der Waals surface area contributed by atoms with E-state index in [2.05, 4.69) is 19.2 Å². The van der Waals surface area contributed by atoms with Gasteiger partial charge in [0.2, 0.25) is 5.91 Å². The topological polar surface area (TPSA) is 95.9 Å². The molecular weight excluding hydrogens is 983 g/mol. The molecular formula is C74H147NO5. The Hall–Kier alpha value is -1.14. The number of ether oxygens (including phenoxy) is 1. The molecule has 0 saturated carbocycles. The van der Waals surface area contributed by atoms with Gasteiger partial charge in [-0.1, -0.05) is 399 Å². The zero-order valence-corrected chi connectivity index (χ0v) is 54.9. The molecule has 0 aromatic carbocycles. The van der Waals surface area contributed by atoms with Crippen LogP contribution >= 0.6 is 0 Å². The number of unbranched alkanes of at least 4 members (excludes halogenated alkanes) is 60. The molecule has 0 radical (unpaired) electrons. The third kappa shape index (κ3) is 66.0. The summed E-state index contributed by atoms with van der Waals surface area (Å²) in [6, 6.07) is -0.539. The van der Waals surface area contributed by atoms with E-state index >= 15 is 0 Å². The van der Waals surface area contributed by atoms with Crippen LogP contribution in [0.25, 0.3) is 0 Å². The second-order valence-electron chi connectivity index (χ2n) is 26.0. The van der Waals surface area contributed by atoms with Crippen LogP contribution in [0.2, 0.25) is 0 Å². The molecule has 2 unspecified atom stereocenters. The van der Waals surface area contributed by atoms with Crippen LogP contribution in [0, 0.1) is 0 Å². The number of carbonyl (C=O) groups is 2. The standard InChI is InChI=1S/C74H147NO5/c1-3-5-7-9-11-13-15-17-19-20-21-29-32-35-39-42-46-50-54-58-62-66-72(77)71(70-76)75-73(78)67-63-59-55-51-47-43-40-36-33-30-27-25-23-22-24-26-28-31-34-37-41-45-49-53-57-61-65-69-80-74(79)68-64-60-56-52-48-44-38-18-16-14-12-10-8-6-4-2/h71-72,76-77H,3-70H2,1-2H3,(H,75,78). The maximum Gasteiger partial charge on any atom is 0.305 e. The van der Waals surface area contributed by atoms with E-state index in [9.17, 15) is 19.8 Å². The second-order valence-corrected chi connectivity index (χ2v) is 26.0. The minimum atomic E-state index is -0.662. The van der Waals surface area contributed by atoms with Crippen molar-refractivity contribution in [2.75, 3.05) is 13.2 Å². The van der Waals surface area contributed by atoms with Crippen LogP contribution in [0.5, 0.6) is 0 Å². The fraction of sp³-hybridized carbons (Fsp3) is 0.973. The lowest BCUT2D eigenvalue weighted by molar-refractivity contribution is -0.143. The second kappa shape index (κ2) is 70.3. The summed E-state index contributed by atoms with van der Waals surface area (Å²) in [6.45, 7) is 5.01. The van der Waals surface area contributed by atoms with Crippen molar-refractivity contribution in [1.29, 1.82) is 0 Å². The molecule has 0 spiro atoms. The van der Waals surface area contributed by atoms with Crippen LogP contribution in [0.4, 0.5) is 0 Å². The number of aliphatic hydroxyl groups excluding tert-OH is 2. The largest absolute Gasteiger partial charge is 0.466 e. The first-order chi connectivity index (χ1) is 39.5. The molecule has 0 aromatic heterocycles. The molecule has 1 amide bonds. The first-order valence-electron chi connectivity index (χ1n) is 37.3. The van der Waals surface area contributed by atoms with Crippen LogP contribution < -0.4 is 5.32 Å². The summed E-state index contributed by atoms with van der Waals surface area (Å²) in [5.41, 5.74) is 0. The van der Waals surface area contributed by atoms with Gasteiger partial charge < -0.3 is 20.3 Å². The van der Waals surface area contributed by atoms with Gasteiger partial charge in [0, 0.05) is 12.8 Å². The lowest BCUT2D eigenvalue weighted by Crippen LogP contribution is -2.45. The molecule has 0 heterocycles. The van der Waals surface area contributed by atoms with Gasteiger partial charge in [0.1, 0.15) is 0 Å². The van der Waals surface area contributed by atoms with Gasteiger partial charge in [0.25, 0.3) is 0 Å². The van der Waals surface area contributed by atoms with Crippen molar-refractivity contribution in [1.82, 2.24) is 5.32 Å². The van der Waals surface area contributed by atoms with Gasteiger partial charge in [-0.25, -0.2) is 0 Å². The van der Waals surface area contributed by atoms with Gasteiger partial charge in [-0.2, -0.15) is 0 Å². The Morgan fingerprint density at radius 2 is 0.512 bits per heavy atom. The number of carbonyl (C=O) groups excluding carboxylic acids is 2. The maximum absolute atomic E-state index is 12.6. The SMILES string of the molecule is CCCCCCCCCCCCCCCCCCCCCCCC(O)C(CO)NC(=O)CCCCCCCCCCCCCCCCCCCCCCCCCCCCCOC(=O)CCCCCCCCCCCCCCCCC. The summed E-state index contributed by atoms with van der Waals surface area (Å²) in [7, 11) is 0. The van der Waals surface area contributed by atoms with Crippen molar-refractivity contribution in [3.05, 3.63) is 0 Å². The van der Waals surface area contributed by atoms with Crippen LogP contribution in [-0.4, -0.2) is 47.4 Å². The van der Waals surface area contributed by atoms with Crippen molar-refractivity contribution in [3.8, 4) is 0 Å². The number of rotatable bonds is 71. The minimum Gasteiger partial charge on any atom is -0.466 e. The Labute approximate surface area is 502 Å². The van der Waals surface area contributed by atoms with Gasteiger partial charge in [0.15, 0.2) is 0 Å². The number of amides is 1. The number of aliphatic hydroxyl groups is 2. The van der Waals surface area contributed by atoms with Gasteiger partial charge in [-0.3, -0.25) is 9.59 Å². The maximum atomic E-state index is 12.6. The highest BCUT2D eigenvalue weighted by molar-refractivity contribution is 5.76. The molecule has 3 N–H and O–H groups in total. The molecule has 0 aliphatic carbocycles. The predicted molar refractivity (Wildman–Crippen MR) is 352 cm³/mol. The highest BCUT2D eigenvalue weighted by Gasteiger charge is 2.20. The summed E-state index contributed by atoms with van der Waals surface area (Å²) in [5, 5.41) is 23.4. The molecule has 478 valence electrons. The Morgan fingerprint density at radius 3 is 0.762 bits per heavy atom. The van der Waals surface area contributed by atoms with Crippen LogP contribution in [-0.2, 0) is 14.3 Å². The van der Waals surface area contributed by atoms with Crippen molar-refractivity contribution in [2.45, 2.75) is 450 Å². The number of nitrogens with one attached hydrogen (secondary N) is 1. The van der Waals surface area contributed by atoms with Gasteiger partial charge in [-0.05, 0) is 25.7 Å². The van der Waals surface area contributed by atoms with Crippen molar-refractivity contribution >= 4 is 11.9 Å². The quantitative estimate of drug-likeness (QED) is 0.0417. The number of hydrogen-bond donors (Lipinski definition) is 3. The Balaban J connectivity index is 3.33.